The molecular formula is C14H12ClN. The lowest BCUT2D eigenvalue weighted by atomic mass is 10.0. The van der Waals surface area contributed by atoms with E-state index in [9.17, 15) is 0 Å². The van der Waals surface area contributed by atoms with Crippen molar-refractivity contribution in [2.75, 3.05) is 0 Å². The first-order chi connectivity index (χ1) is 7.84. The smallest absolute Gasteiger partial charge is 0.0494 e. The lowest BCUT2D eigenvalue weighted by molar-refractivity contribution is 0.952. The van der Waals surface area contributed by atoms with Crippen molar-refractivity contribution in [3.8, 4) is 0 Å². The Bertz CT molecular complexity index is 534. The van der Waals surface area contributed by atoms with E-state index in [-0.39, 0.29) is 0 Å². The van der Waals surface area contributed by atoms with Crippen LogP contribution in [-0.4, -0.2) is 4.98 Å². The van der Waals surface area contributed by atoms with Crippen molar-refractivity contribution in [3.63, 3.8) is 0 Å². The largest absolute Gasteiger partial charge is 0.261 e. The Labute approximate surface area is 100 Å². The number of benzene rings is 1. The Kier molecular flexibility index (Phi) is 2.41. The van der Waals surface area contributed by atoms with Gasteiger partial charge in [0.1, 0.15) is 0 Å². The van der Waals surface area contributed by atoms with Gasteiger partial charge in [-0.15, -0.1) is 0 Å². The highest BCUT2D eigenvalue weighted by atomic mass is 35.5. The molecule has 3 rings (SSSR count). The zero-order chi connectivity index (χ0) is 11.0. The number of hydrogen-bond acceptors (Lipinski definition) is 1. The van der Waals surface area contributed by atoms with Gasteiger partial charge in [0, 0.05) is 23.3 Å². The molecule has 1 aromatic heterocycles. The van der Waals surface area contributed by atoms with Crippen LogP contribution < -0.4 is 0 Å². The number of rotatable bonds is 0. The third-order valence-electron chi connectivity index (χ3n) is 3.21. The molecule has 0 saturated heterocycles. The van der Waals surface area contributed by atoms with E-state index in [1.807, 2.05) is 6.07 Å². The van der Waals surface area contributed by atoms with Crippen molar-refractivity contribution in [2.45, 2.75) is 19.3 Å². The predicted octanol–water partition coefficient (Wildman–Crippen LogP) is 3.42. The average Bonchev–Trinajstić information content (AvgIpc) is 2.48. The Hall–Kier alpha value is -1.34. The molecule has 0 spiro atoms. The maximum absolute atomic E-state index is 6.22. The van der Waals surface area contributed by atoms with Crippen LogP contribution >= 0.6 is 11.6 Å². The molecule has 0 unspecified atom stereocenters. The second kappa shape index (κ2) is 3.91. The summed E-state index contributed by atoms with van der Waals surface area (Å²) >= 11 is 6.22. The third-order valence-corrected chi connectivity index (χ3v) is 3.56. The summed E-state index contributed by atoms with van der Waals surface area (Å²) in [4.78, 5) is 4.45. The highest BCUT2D eigenvalue weighted by molar-refractivity contribution is 6.31. The lowest BCUT2D eigenvalue weighted by Gasteiger charge is -2.05. The van der Waals surface area contributed by atoms with Gasteiger partial charge in [-0.05, 0) is 35.6 Å². The van der Waals surface area contributed by atoms with Crippen LogP contribution in [0, 0.1) is 0 Å². The summed E-state index contributed by atoms with van der Waals surface area (Å²) < 4.78 is 0. The second-order valence-electron chi connectivity index (χ2n) is 4.16. The van der Waals surface area contributed by atoms with Gasteiger partial charge in [0.15, 0.2) is 0 Å². The van der Waals surface area contributed by atoms with E-state index in [2.05, 4.69) is 29.2 Å². The first kappa shape index (κ1) is 9.86. The van der Waals surface area contributed by atoms with E-state index in [0.29, 0.717) is 0 Å². The Morgan fingerprint density at radius 3 is 2.69 bits per heavy atom. The molecule has 1 heterocycles. The van der Waals surface area contributed by atoms with E-state index in [4.69, 9.17) is 11.6 Å². The summed E-state index contributed by atoms with van der Waals surface area (Å²) in [5.41, 5.74) is 5.17. The van der Waals surface area contributed by atoms with E-state index >= 15 is 0 Å². The highest BCUT2D eigenvalue weighted by Gasteiger charge is 2.15. The number of halogens is 1. The van der Waals surface area contributed by atoms with Crippen molar-refractivity contribution in [3.05, 3.63) is 63.9 Å². The van der Waals surface area contributed by atoms with Crippen molar-refractivity contribution < 1.29 is 0 Å². The Balaban J connectivity index is 2.12. The first-order valence-electron chi connectivity index (χ1n) is 5.53. The monoisotopic (exact) mass is 229 g/mol. The SMILES string of the molecule is Clc1ccnc2c1CCc1ccccc1C2. The fraction of sp³-hybridized carbons (Fsp3) is 0.214. The first-order valence-corrected chi connectivity index (χ1v) is 5.91. The summed E-state index contributed by atoms with van der Waals surface area (Å²) in [6.45, 7) is 0. The molecule has 2 aromatic rings. The van der Waals surface area contributed by atoms with Gasteiger partial charge in [-0.1, -0.05) is 35.9 Å². The van der Waals surface area contributed by atoms with E-state index in [1.165, 1.54) is 16.7 Å². The summed E-state index contributed by atoms with van der Waals surface area (Å²) in [6, 6.07) is 10.5. The van der Waals surface area contributed by atoms with E-state index in [1.54, 1.807) is 6.20 Å². The normalized spacial score (nSPS) is 13.8. The van der Waals surface area contributed by atoms with E-state index in [0.717, 1.165) is 30.0 Å². The van der Waals surface area contributed by atoms with Crippen LogP contribution in [-0.2, 0) is 19.3 Å². The number of pyridine rings is 1. The van der Waals surface area contributed by atoms with Gasteiger partial charge in [0.05, 0.1) is 0 Å². The van der Waals surface area contributed by atoms with Gasteiger partial charge < -0.3 is 0 Å². The number of aromatic nitrogens is 1. The van der Waals surface area contributed by atoms with Gasteiger partial charge >= 0.3 is 0 Å². The van der Waals surface area contributed by atoms with Crippen LogP contribution in [0.2, 0.25) is 5.02 Å². The molecule has 0 N–H and O–H groups in total. The van der Waals surface area contributed by atoms with Gasteiger partial charge in [-0.25, -0.2) is 0 Å². The third kappa shape index (κ3) is 1.61. The van der Waals surface area contributed by atoms with Crippen LogP contribution in [0.5, 0.6) is 0 Å². The number of fused-ring (bicyclic) bond motifs is 2. The lowest BCUT2D eigenvalue weighted by Crippen LogP contribution is -1.96. The van der Waals surface area contributed by atoms with Crippen molar-refractivity contribution in [2.24, 2.45) is 0 Å². The summed E-state index contributed by atoms with van der Waals surface area (Å²) in [5, 5.41) is 0.859. The Morgan fingerprint density at radius 2 is 1.81 bits per heavy atom. The molecule has 1 aliphatic carbocycles. The maximum atomic E-state index is 6.22. The van der Waals surface area contributed by atoms with Gasteiger partial charge in [-0.3, -0.25) is 4.98 Å². The molecular weight excluding hydrogens is 218 g/mol. The van der Waals surface area contributed by atoms with E-state index < -0.39 is 0 Å². The number of aryl methyl sites for hydroxylation is 1. The molecule has 0 bridgehead atoms. The van der Waals surface area contributed by atoms with Crippen LogP contribution in [0.3, 0.4) is 0 Å². The van der Waals surface area contributed by atoms with Crippen LogP contribution in [0.4, 0.5) is 0 Å². The van der Waals surface area contributed by atoms with Gasteiger partial charge in [0.2, 0.25) is 0 Å². The van der Waals surface area contributed by atoms with Crippen molar-refractivity contribution in [1.29, 1.82) is 0 Å². The Morgan fingerprint density at radius 1 is 1.00 bits per heavy atom. The molecule has 1 aliphatic rings. The summed E-state index contributed by atoms with van der Waals surface area (Å²) in [6.07, 6.45) is 4.77. The molecule has 0 fully saturated rings. The molecule has 0 amide bonds. The maximum Gasteiger partial charge on any atom is 0.0494 e. The molecule has 2 heteroatoms. The fourth-order valence-electron chi connectivity index (χ4n) is 2.34. The zero-order valence-corrected chi connectivity index (χ0v) is 9.67. The molecule has 1 aromatic carbocycles. The topological polar surface area (TPSA) is 12.9 Å². The fourth-order valence-corrected chi connectivity index (χ4v) is 2.60. The summed E-state index contributed by atoms with van der Waals surface area (Å²) in [5.74, 6) is 0. The predicted molar refractivity (Wildman–Crippen MR) is 65.9 cm³/mol. The van der Waals surface area contributed by atoms with Crippen molar-refractivity contribution >= 4 is 11.6 Å². The average molecular weight is 230 g/mol. The summed E-state index contributed by atoms with van der Waals surface area (Å²) in [7, 11) is 0. The van der Waals surface area contributed by atoms with Crippen LogP contribution in [0.25, 0.3) is 0 Å². The second-order valence-corrected chi connectivity index (χ2v) is 4.57. The minimum Gasteiger partial charge on any atom is -0.261 e. The zero-order valence-electron chi connectivity index (χ0n) is 8.91. The number of hydrogen-bond donors (Lipinski definition) is 0. The quantitative estimate of drug-likeness (QED) is 0.675. The standard InChI is InChI=1S/C14H12ClN/c15-13-7-8-16-14-9-11-4-2-1-3-10(11)5-6-12(13)14/h1-4,7-8H,5-6,9H2. The van der Waals surface area contributed by atoms with Gasteiger partial charge in [-0.2, -0.15) is 0 Å². The molecule has 16 heavy (non-hydrogen) atoms. The van der Waals surface area contributed by atoms with Gasteiger partial charge in [0.25, 0.3) is 0 Å². The number of nitrogens with zero attached hydrogens (tertiary/aromatic N) is 1. The van der Waals surface area contributed by atoms with Crippen LogP contribution in [0.1, 0.15) is 22.4 Å². The minimum atomic E-state index is 0.859. The highest BCUT2D eigenvalue weighted by Crippen LogP contribution is 2.27. The molecule has 0 aliphatic heterocycles. The molecule has 0 atom stereocenters. The molecule has 80 valence electrons. The molecule has 0 saturated carbocycles. The van der Waals surface area contributed by atoms with Crippen LogP contribution in [0.15, 0.2) is 36.5 Å². The molecule has 0 radical (unpaired) electrons. The minimum absolute atomic E-state index is 0.859. The molecule has 1 nitrogen and oxygen atoms in total. The van der Waals surface area contributed by atoms with Crippen molar-refractivity contribution in [1.82, 2.24) is 4.98 Å².